The van der Waals surface area contributed by atoms with Gasteiger partial charge in [0.15, 0.2) is 0 Å². The monoisotopic (exact) mass is 442 g/mol. The number of para-hydroxylation sites is 2. The molecule has 0 saturated carbocycles. The molecule has 0 bridgehead atoms. The van der Waals surface area contributed by atoms with E-state index in [0.717, 1.165) is 33.9 Å². The van der Waals surface area contributed by atoms with E-state index in [4.69, 9.17) is 0 Å². The van der Waals surface area contributed by atoms with E-state index in [2.05, 4.69) is 54.1 Å². The Labute approximate surface area is 198 Å². The van der Waals surface area contributed by atoms with Crippen molar-refractivity contribution in [2.24, 2.45) is 0 Å². The average Bonchev–Trinajstić information content (AvgIpc) is 2.88. The molecule has 33 heavy (non-hydrogen) atoms. The lowest BCUT2D eigenvalue weighted by Gasteiger charge is -2.26. The van der Waals surface area contributed by atoms with E-state index in [1.807, 2.05) is 82.4 Å². The molecule has 0 unspecified atom stereocenters. The first kappa shape index (κ1) is 25.8. The van der Waals surface area contributed by atoms with Gasteiger partial charge in [-0.3, -0.25) is 4.98 Å². The molecule has 1 aromatic heterocycles. The van der Waals surface area contributed by atoms with Crippen LogP contribution in [0.4, 0.5) is 21.5 Å². The van der Waals surface area contributed by atoms with Gasteiger partial charge in [-0.15, -0.1) is 0 Å². The molecular formula is C30H35FN2. The van der Waals surface area contributed by atoms with Gasteiger partial charge in [0.1, 0.15) is 5.82 Å². The van der Waals surface area contributed by atoms with Gasteiger partial charge >= 0.3 is 0 Å². The van der Waals surface area contributed by atoms with E-state index >= 15 is 0 Å². The highest BCUT2D eigenvalue weighted by molar-refractivity contribution is 5.79. The Bertz CT molecular complexity index is 1050. The van der Waals surface area contributed by atoms with Crippen LogP contribution in [-0.2, 0) is 0 Å². The summed E-state index contributed by atoms with van der Waals surface area (Å²) in [6.45, 7) is 12.1. The molecule has 0 spiro atoms. The maximum atomic E-state index is 13.8. The van der Waals surface area contributed by atoms with E-state index in [1.165, 1.54) is 6.07 Å². The Hall–Kier alpha value is -3.46. The minimum Gasteiger partial charge on any atom is -0.310 e. The first-order valence-electron chi connectivity index (χ1n) is 11.8. The summed E-state index contributed by atoms with van der Waals surface area (Å²) in [5.74, 6) is -0.0192. The molecule has 0 aliphatic rings. The van der Waals surface area contributed by atoms with Crippen LogP contribution in [0.1, 0.15) is 53.0 Å². The third-order valence-electron chi connectivity index (χ3n) is 4.94. The van der Waals surface area contributed by atoms with Gasteiger partial charge < -0.3 is 4.90 Å². The molecule has 0 amide bonds. The van der Waals surface area contributed by atoms with E-state index in [1.54, 1.807) is 6.07 Å². The van der Waals surface area contributed by atoms with Crippen LogP contribution in [0.25, 0.3) is 11.3 Å². The minimum absolute atomic E-state index is 0.200. The predicted molar refractivity (Wildman–Crippen MR) is 141 cm³/mol. The fourth-order valence-corrected chi connectivity index (χ4v) is 3.55. The molecule has 3 heteroatoms. The van der Waals surface area contributed by atoms with Gasteiger partial charge in [0.05, 0.1) is 5.69 Å². The van der Waals surface area contributed by atoms with E-state index in [-0.39, 0.29) is 11.7 Å². The van der Waals surface area contributed by atoms with Crippen LogP contribution in [-0.4, -0.2) is 4.98 Å². The number of aromatic nitrogens is 1. The van der Waals surface area contributed by atoms with Crippen molar-refractivity contribution in [3.8, 4) is 11.3 Å². The van der Waals surface area contributed by atoms with Crippen LogP contribution in [0.2, 0.25) is 0 Å². The quantitative estimate of drug-likeness (QED) is 0.306. The number of benzene rings is 3. The fraction of sp³-hybridized carbons (Fsp3) is 0.233. The van der Waals surface area contributed by atoms with Crippen LogP contribution in [0.5, 0.6) is 0 Å². The molecule has 4 rings (SSSR count). The molecule has 2 nitrogen and oxygen atoms in total. The first-order valence-corrected chi connectivity index (χ1v) is 11.8. The third kappa shape index (κ3) is 6.52. The summed E-state index contributed by atoms with van der Waals surface area (Å²) in [5.41, 5.74) is 5.90. The zero-order chi connectivity index (χ0) is 24.2. The summed E-state index contributed by atoms with van der Waals surface area (Å²) in [4.78, 5) is 6.80. The summed E-state index contributed by atoms with van der Waals surface area (Å²) in [6, 6.07) is 29.5. The van der Waals surface area contributed by atoms with Crippen molar-refractivity contribution in [2.75, 3.05) is 4.90 Å². The number of hydrogen-bond donors (Lipinski definition) is 0. The van der Waals surface area contributed by atoms with Gasteiger partial charge in [-0.25, -0.2) is 4.39 Å². The normalized spacial score (nSPS) is 9.94. The van der Waals surface area contributed by atoms with E-state index in [9.17, 15) is 4.39 Å². The Morgan fingerprint density at radius 2 is 1.21 bits per heavy atom. The van der Waals surface area contributed by atoms with Gasteiger partial charge in [0.2, 0.25) is 0 Å². The molecule has 0 radical (unpaired) electrons. The lowest BCUT2D eigenvalue weighted by molar-refractivity contribution is 0.623. The molecule has 0 saturated heterocycles. The Balaban J connectivity index is 0.000000914. The van der Waals surface area contributed by atoms with Gasteiger partial charge in [0.25, 0.3) is 0 Å². The topological polar surface area (TPSA) is 16.1 Å². The molecule has 1 heterocycles. The van der Waals surface area contributed by atoms with Crippen molar-refractivity contribution >= 4 is 17.1 Å². The summed E-state index contributed by atoms with van der Waals surface area (Å²) in [5, 5.41) is 0. The second-order valence-corrected chi connectivity index (χ2v) is 7.29. The number of rotatable bonds is 5. The molecule has 0 aliphatic carbocycles. The number of halogens is 1. The molecule has 0 N–H and O–H groups in total. The zero-order valence-electron chi connectivity index (χ0n) is 20.6. The average molecular weight is 443 g/mol. The minimum atomic E-state index is -0.219. The van der Waals surface area contributed by atoms with Crippen LogP contribution >= 0.6 is 0 Å². The molecular weight excluding hydrogens is 407 g/mol. The Morgan fingerprint density at radius 3 is 1.73 bits per heavy atom. The number of anilines is 3. The van der Waals surface area contributed by atoms with Gasteiger partial charge in [-0.2, -0.15) is 0 Å². The van der Waals surface area contributed by atoms with Crippen molar-refractivity contribution < 1.29 is 4.39 Å². The SMILES string of the molecule is CC.CC.CC(C)c1cc(F)ccc1-c1cc(N(c2ccccc2)c2ccccc2)ccn1. The molecule has 4 aromatic rings. The highest BCUT2D eigenvalue weighted by Crippen LogP contribution is 2.36. The maximum absolute atomic E-state index is 13.8. The summed E-state index contributed by atoms with van der Waals surface area (Å²) < 4.78 is 13.8. The van der Waals surface area contributed by atoms with Gasteiger partial charge in [0, 0.05) is 28.8 Å². The zero-order valence-corrected chi connectivity index (χ0v) is 20.6. The van der Waals surface area contributed by atoms with Crippen molar-refractivity contribution in [3.05, 3.63) is 109 Å². The van der Waals surface area contributed by atoms with E-state index in [0.29, 0.717) is 0 Å². The second kappa shape index (κ2) is 13.2. The number of pyridine rings is 1. The first-order chi connectivity index (χ1) is 16.1. The van der Waals surface area contributed by atoms with Crippen LogP contribution < -0.4 is 4.90 Å². The van der Waals surface area contributed by atoms with Crippen molar-refractivity contribution in [1.82, 2.24) is 4.98 Å². The largest absolute Gasteiger partial charge is 0.310 e. The lowest BCUT2D eigenvalue weighted by atomic mass is 9.94. The van der Waals surface area contributed by atoms with Crippen molar-refractivity contribution in [2.45, 2.75) is 47.5 Å². The lowest BCUT2D eigenvalue weighted by Crippen LogP contribution is -2.10. The van der Waals surface area contributed by atoms with E-state index < -0.39 is 0 Å². The predicted octanol–water partition coefficient (Wildman–Crippen LogP) is 9.53. The highest BCUT2D eigenvalue weighted by Gasteiger charge is 2.15. The van der Waals surface area contributed by atoms with Crippen molar-refractivity contribution in [1.29, 1.82) is 0 Å². The van der Waals surface area contributed by atoms with Gasteiger partial charge in [-0.1, -0.05) is 77.9 Å². The standard InChI is InChI=1S/C26H23FN2.2C2H6/c1-19(2)25-17-20(27)13-14-24(25)26-18-23(15-16-28-26)29(21-9-5-3-6-10-21)22-11-7-4-8-12-22;2*1-2/h3-19H,1-2H3;2*1-2H3. The van der Waals surface area contributed by atoms with Gasteiger partial charge in [-0.05, 0) is 66.1 Å². The van der Waals surface area contributed by atoms with Crippen LogP contribution in [0.3, 0.4) is 0 Å². The maximum Gasteiger partial charge on any atom is 0.123 e. The highest BCUT2D eigenvalue weighted by atomic mass is 19.1. The second-order valence-electron chi connectivity index (χ2n) is 7.29. The Kier molecular flexibility index (Phi) is 10.3. The summed E-state index contributed by atoms with van der Waals surface area (Å²) in [6.07, 6.45) is 1.82. The molecule has 0 fully saturated rings. The van der Waals surface area contributed by atoms with Crippen LogP contribution in [0.15, 0.2) is 97.2 Å². The summed E-state index contributed by atoms with van der Waals surface area (Å²) >= 11 is 0. The third-order valence-corrected chi connectivity index (χ3v) is 4.94. The fourth-order valence-electron chi connectivity index (χ4n) is 3.55. The molecule has 0 aliphatic heterocycles. The number of hydrogen-bond acceptors (Lipinski definition) is 2. The Morgan fingerprint density at radius 1 is 0.667 bits per heavy atom. The van der Waals surface area contributed by atoms with Crippen LogP contribution in [0, 0.1) is 5.82 Å². The summed E-state index contributed by atoms with van der Waals surface area (Å²) in [7, 11) is 0. The molecule has 172 valence electrons. The van der Waals surface area contributed by atoms with Crippen molar-refractivity contribution in [3.63, 3.8) is 0 Å². The molecule has 3 aromatic carbocycles. The smallest absolute Gasteiger partial charge is 0.123 e. The number of nitrogens with zero attached hydrogens (tertiary/aromatic N) is 2. The molecule has 0 atom stereocenters.